The van der Waals surface area contributed by atoms with Gasteiger partial charge in [-0.3, -0.25) is 0 Å². The van der Waals surface area contributed by atoms with E-state index in [4.69, 9.17) is 5.11 Å². The first-order valence-electron chi connectivity index (χ1n) is 7.28. The van der Waals surface area contributed by atoms with Gasteiger partial charge in [0, 0.05) is 18.6 Å². The van der Waals surface area contributed by atoms with Gasteiger partial charge in [0.15, 0.2) is 0 Å². The first-order valence-corrected chi connectivity index (χ1v) is 8.72. The molecule has 2 N–H and O–H groups in total. The second-order valence-electron chi connectivity index (χ2n) is 5.26. The van der Waals surface area contributed by atoms with Gasteiger partial charge in [-0.25, -0.2) is 8.42 Å². The molecule has 0 aliphatic rings. The molecule has 6 heteroatoms. The highest BCUT2D eigenvalue weighted by molar-refractivity contribution is 7.89. The molecule has 120 valence electrons. The normalized spacial score (nSPS) is 13.9. The van der Waals surface area contributed by atoms with E-state index in [9.17, 15) is 8.42 Å². The van der Waals surface area contributed by atoms with Crippen LogP contribution < -0.4 is 5.32 Å². The van der Waals surface area contributed by atoms with Crippen LogP contribution in [0.4, 0.5) is 0 Å². The van der Waals surface area contributed by atoms with E-state index in [2.05, 4.69) is 12.2 Å². The van der Waals surface area contributed by atoms with Crippen molar-refractivity contribution >= 4 is 10.0 Å². The highest BCUT2D eigenvalue weighted by atomic mass is 32.2. The minimum absolute atomic E-state index is 0.105. The Labute approximate surface area is 128 Å². The van der Waals surface area contributed by atoms with Crippen LogP contribution in [-0.2, 0) is 10.0 Å². The second-order valence-corrected chi connectivity index (χ2v) is 7.15. The number of sulfonamides is 1. The third kappa shape index (κ3) is 4.26. The third-order valence-electron chi connectivity index (χ3n) is 3.52. The number of aliphatic hydroxyl groups is 1. The van der Waals surface area contributed by atoms with E-state index in [-0.39, 0.29) is 30.1 Å². The lowest BCUT2D eigenvalue weighted by molar-refractivity contribution is 0.236. The highest BCUT2D eigenvalue weighted by Gasteiger charge is 2.27. The van der Waals surface area contributed by atoms with Gasteiger partial charge in [-0.05, 0) is 45.0 Å². The summed E-state index contributed by atoms with van der Waals surface area (Å²) in [6, 6.07) is 6.94. The van der Waals surface area contributed by atoms with E-state index in [0.29, 0.717) is 0 Å². The lowest BCUT2D eigenvalue weighted by Gasteiger charge is -2.25. The SMILES string of the molecule is CCC(NC)c1cccc(S(=O)(=O)N(CCO)C(C)C)c1. The second kappa shape index (κ2) is 7.89. The van der Waals surface area contributed by atoms with Crippen LogP contribution in [0.3, 0.4) is 0 Å². The van der Waals surface area contributed by atoms with E-state index in [0.717, 1.165) is 12.0 Å². The van der Waals surface area contributed by atoms with E-state index >= 15 is 0 Å². The first-order chi connectivity index (χ1) is 9.88. The molecule has 0 spiro atoms. The van der Waals surface area contributed by atoms with Crippen LogP contribution in [-0.4, -0.2) is 44.1 Å². The highest BCUT2D eigenvalue weighted by Crippen LogP contribution is 2.23. The van der Waals surface area contributed by atoms with Gasteiger partial charge in [0.1, 0.15) is 0 Å². The summed E-state index contributed by atoms with van der Waals surface area (Å²) in [7, 11) is -1.73. The smallest absolute Gasteiger partial charge is 0.243 e. The molecule has 0 radical (unpaired) electrons. The van der Waals surface area contributed by atoms with E-state index in [1.54, 1.807) is 32.0 Å². The van der Waals surface area contributed by atoms with Gasteiger partial charge in [-0.2, -0.15) is 4.31 Å². The van der Waals surface area contributed by atoms with Crippen LogP contribution in [0.1, 0.15) is 38.8 Å². The largest absolute Gasteiger partial charge is 0.395 e. The maximum Gasteiger partial charge on any atom is 0.243 e. The van der Waals surface area contributed by atoms with Crippen molar-refractivity contribution in [2.75, 3.05) is 20.2 Å². The Bertz CT molecular complexity index is 540. The summed E-state index contributed by atoms with van der Waals surface area (Å²) in [6.45, 7) is 5.58. The van der Waals surface area contributed by atoms with Crippen molar-refractivity contribution in [1.29, 1.82) is 0 Å². The number of nitrogens with zero attached hydrogens (tertiary/aromatic N) is 1. The van der Waals surface area contributed by atoms with Crippen LogP contribution in [0.25, 0.3) is 0 Å². The molecule has 0 aliphatic carbocycles. The van der Waals surface area contributed by atoms with Gasteiger partial charge in [0.2, 0.25) is 10.0 Å². The number of hydrogen-bond donors (Lipinski definition) is 2. The van der Waals surface area contributed by atoms with Gasteiger partial charge in [0.25, 0.3) is 0 Å². The topological polar surface area (TPSA) is 69.6 Å². The van der Waals surface area contributed by atoms with Crippen molar-refractivity contribution in [2.45, 2.75) is 44.2 Å². The van der Waals surface area contributed by atoms with Crippen molar-refractivity contribution in [3.05, 3.63) is 29.8 Å². The summed E-state index contributed by atoms with van der Waals surface area (Å²) in [6.07, 6.45) is 0.879. The van der Waals surface area contributed by atoms with Crippen LogP contribution in [0, 0.1) is 0 Å². The lowest BCUT2D eigenvalue weighted by Crippen LogP contribution is -2.39. The van der Waals surface area contributed by atoms with E-state index in [1.807, 2.05) is 13.1 Å². The van der Waals surface area contributed by atoms with Gasteiger partial charge in [-0.1, -0.05) is 19.1 Å². The van der Waals surface area contributed by atoms with E-state index < -0.39 is 10.0 Å². The Kier molecular flexibility index (Phi) is 6.80. The zero-order chi connectivity index (χ0) is 16.0. The Morgan fingerprint density at radius 1 is 1.33 bits per heavy atom. The molecule has 0 bridgehead atoms. The summed E-state index contributed by atoms with van der Waals surface area (Å²) in [5.41, 5.74) is 0.953. The Hall–Kier alpha value is -0.950. The Morgan fingerprint density at radius 3 is 2.48 bits per heavy atom. The van der Waals surface area contributed by atoms with Crippen molar-refractivity contribution in [2.24, 2.45) is 0 Å². The lowest BCUT2D eigenvalue weighted by atomic mass is 10.1. The molecule has 1 rings (SSSR count). The average molecular weight is 314 g/mol. The van der Waals surface area contributed by atoms with Gasteiger partial charge in [0.05, 0.1) is 11.5 Å². The summed E-state index contributed by atoms with van der Waals surface area (Å²) >= 11 is 0. The van der Waals surface area contributed by atoms with Crippen LogP contribution in [0.5, 0.6) is 0 Å². The molecule has 0 fully saturated rings. The van der Waals surface area contributed by atoms with Crippen LogP contribution >= 0.6 is 0 Å². The standard InChI is InChI=1S/C15H26N2O3S/c1-5-15(16-4)13-7-6-8-14(11-13)21(19,20)17(9-10-18)12(2)3/h6-8,11-12,15-16,18H,5,9-10H2,1-4H3. The number of hydrogen-bond acceptors (Lipinski definition) is 4. The predicted molar refractivity (Wildman–Crippen MR) is 84.6 cm³/mol. The Morgan fingerprint density at radius 2 is 2.00 bits per heavy atom. The average Bonchev–Trinajstić information content (AvgIpc) is 2.46. The fourth-order valence-electron chi connectivity index (χ4n) is 2.39. The fourth-order valence-corrected chi connectivity index (χ4v) is 4.07. The summed E-state index contributed by atoms with van der Waals surface area (Å²) in [5.74, 6) is 0. The summed E-state index contributed by atoms with van der Waals surface area (Å²) in [5, 5.41) is 12.3. The molecule has 21 heavy (non-hydrogen) atoms. The monoisotopic (exact) mass is 314 g/mol. The zero-order valence-electron chi connectivity index (χ0n) is 13.2. The molecule has 1 aromatic rings. The maximum absolute atomic E-state index is 12.7. The molecule has 5 nitrogen and oxygen atoms in total. The molecule has 1 aromatic carbocycles. The van der Waals surface area contributed by atoms with Gasteiger partial charge in [-0.15, -0.1) is 0 Å². The quantitative estimate of drug-likeness (QED) is 0.767. The van der Waals surface area contributed by atoms with Crippen molar-refractivity contribution < 1.29 is 13.5 Å². The third-order valence-corrected chi connectivity index (χ3v) is 5.59. The molecule has 0 aromatic heterocycles. The maximum atomic E-state index is 12.7. The number of aliphatic hydroxyl groups excluding tert-OH is 1. The van der Waals surface area contributed by atoms with Crippen LogP contribution in [0.15, 0.2) is 29.2 Å². The first kappa shape index (κ1) is 18.1. The fraction of sp³-hybridized carbons (Fsp3) is 0.600. The van der Waals surface area contributed by atoms with E-state index in [1.165, 1.54) is 4.31 Å². The van der Waals surface area contributed by atoms with Crippen molar-refractivity contribution in [3.63, 3.8) is 0 Å². The molecule has 0 heterocycles. The van der Waals surface area contributed by atoms with Crippen LogP contribution in [0.2, 0.25) is 0 Å². The molecule has 1 atom stereocenters. The zero-order valence-corrected chi connectivity index (χ0v) is 14.0. The van der Waals surface area contributed by atoms with Gasteiger partial charge >= 0.3 is 0 Å². The van der Waals surface area contributed by atoms with Crippen molar-refractivity contribution in [1.82, 2.24) is 9.62 Å². The van der Waals surface area contributed by atoms with Gasteiger partial charge < -0.3 is 10.4 Å². The molecule has 1 unspecified atom stereocenters. The predicted octanol–water partition coefficient (Wildman–Crippen LogP) is 1.75. The Balaban J connectivity index is 3.22. The molecule has 0 aliphatic heterocycles. The molecular formula is C15H26N2O3S. The molecule has 0 saturated heterocycles. The summed E-state index contributed by atoms with van der Waals surface area (Å²) < 4.78 is 26.7. The molecular weight excluding hydrogens is 288 g/mol. The summed E-state index contributed by atoms with van der Waals surface area (Å²) in [4.78, 5) is 0.274. The number of benzene rings is 1. The molecule has 0 saturated carbocycles. The molecule has 0 amide bonds. The number of rotatable bonds is 8. The van der Waals surface area contributed by atoms with Crippen molar-refractivity contribution in [3.8, 4) is 0 Å². The minimum atomic E-state index is -3.59. The number of nitrogens with one attached hydrogen (secondary N) is 1. The minimum Gasteiger partial charge on any atom is -0.395 e.